The molecule has 0 aliphatic rings. The van der Waals surface area contributed by atoms with Gasteiger partial charge >= 0.3 is 0 Å². The molecule has 0 radical (unpaired) electrons. The van der Waals surface area contributed by atoms with Crippen molar-refractivity contribution in [3.8, 4) is 0 Å². The molecular weight excluding hydrogens is 339 g/mol. The number of rotatable bonds is 4. The Hall–Kier alpha value is 0.457. The summed E-state index contributed by atoms with van der Waals surface area (Å²) in [5.74, 6) is 0. The Balaban J connectivity index is 3.21. The SMILES string of the molecule is C[Si](C)(C)CC(O)(CBr)c1cccc(Cl)c1Cl. The van der Waals surface area contributed by atoms with Crippen molar-refractivity contribution in [1.29, 1.82) is 0 Å². The van der Waals surface area contributed by atoms with E-state index in [1.54, 1.807) is 6.07 Å². The highest BCUT2D eigenvalue weighted by atomic mass is 79.9. The topological polar surface area (TPSA) is 20.2 Å². The Kier molecular flexibility index (Phi) is 5.13. The predicted octanol–water partition coefficient (Wildman–Crippen LogP) is 4.91. The first kappa shape index (κ1) is 15.5. The zero-order chi connectivity index (χ0) is 13.3. The van der Waals surface area contributed by atoms with Crippen LogP contribution in [-0.2, 0) is 5.60 Å². The van der Waals surface area contributed by atoms with Crippen LogP contribution in [0.1, 0.15) is 5.56 Å². The molecule has 0 amide bonds. The van der Waals surface area contributed by atoms with E-state index >= 15 is 0 Å². The fraction of sp³-hybridized carbons (Fsp3) is 0.500. The summed E-state index contributed by atoms with van der Waals surface area (Å²) in [5.41, 5.74) is -0.224. The van der Waals surface area contributed by atoms with Gasteiger partial charge in [0.05, 0.1) is 15.6 Å². The van der Waals surface area contributed by atoms with Crippen molar-refractivity contribution in [2.45, 2.75) is 31.3 Å². The molecule has 1 atom stereocenters. The molecule has 0 saturated heterocycles. The Bertz CT molecular complexity index is 406. The van der Waals surface area contributed by atoms with E-state index in [1.807, 2.05) is 12.1 Å². The number of alkyl halides is 1. The van der Waals surface area contributed by atoms with Gasteiger partial charge in [-0.3, -0.25) is 0 Å². The standard InChI is InChI=1S/C12H17BrCl2OSi/c1-17(2,3)8-12(16,7-13)9-5-4-6-10(14)11(9)15/h4-6,16H,7-8H2,1-3H3. The Morgan fingerprint density at radius 1 is 1.29 bits per heavy atom. The Morgan fingerprint density at radius 2 is 1.88 bits per heavy atom. The highest BCUT2D eigenvalue weighted by Crippen LogP contribution is 2.39. The van der Waals surface area contributed by atoms with Crippen molar-refractivity contribution in [3.05, 3.63) is 33.8 Å². The van der Waals surface area contributed by atoms with Crippen LogP contribution in [0.3, 0.4) is 0 Å². The molecule has 0 bridgehead atoms. The van der Waals surface area contributed by atoms with Crippen molar-refractivity contribution in [3.63, 3.8) is 0 Å². The van der Waals surface area contributed by atoms with Gasteiger partial charge in [-0.2, -0.15) is 0 Å². The first-order valence-corrected chi connectivity index (χ1v) is 11.0. The summed E-state index contributed by atoms with van der Waals surface area (Å²) in [6, 6.07) is 6.14. The molecular formula is C12H17BrCl2OSi. The van der Waals surface area contributed by atoms with Gasteiger partial charge in [0, 0.05) is 19.0 Å². The van der Waals surface area contributed by atoms with Crippen LogP contribution in [0.15, 0.2) is 18.2 Å². The molecule has 0 aromatic heterocycles. The average Bonchev–Trinajstić information content (AvgIpc) is 2.19. The van der Waals surface area contributed by atoms with Crippen LogP contribution in [0.4, 0.5) is 0 Å². The van der Waals surface area contributed by atoms with Crippen LogP contribution in [0, 0.1) is 0 Å². The van der Waals surface area contributed by atoms with Crippen LogP contribution in [-0.4, -0.2) is 18.5 Å². The lowest BCUT2D eigenvalue weighted by atomic mass is 9.98. The molecule has 1 aromatic carbocycles. The summed E-state index contributed by atoms with van der Waals surface area (Å²) in [5, 5.41) is 12.2. The molecule has 0 heterocycles. The third-order valence-corrected chi connectivity index (χ3v) is 5.89. The summed E-state index contributed by atoms with van der Waals surface area (Å²) in [4.78, 5) is 0. The third-order valence-electron chi connectivity index (χ3n) is 2.50. The second-order valence-electron chi connectivity index (χ2n) is 5.50. The van der Waals surface area contributed by atoms with Gasteiger partial charge in [-0.15, -0.1) is 0 Å². The summed E-state index contributed by atoms with van der Waals surface area (Å²) in [6.45, 7) is 6.66. The van der Waals surface area contributed by atoms with Gasteiger partial charge in [-0.05, 0) is 12.1 Å². The molecule has 5 heteroatoms. The number of aliphatic hydroxyl groups is 1. The van der Waals surface area contributed by atoms with E-state index in [0.29, 0.717) is 20.9 Å². The minimum Gasteiger partial charge on any atom is -0.385 e. The maximum atomic E-state index is 10.8. The largest absolute Gasteiger partial charge is 0.385 e. The van der Waals surface area contributed by atoms with Crippen molar-refractivity contribution < 1.29 is 5.11 Å². The number of hydrogen-bond acceptors (Lipinski definition) is 1. The molecule has 0 aliphatic heterocycles. The van der Waals surface area contributed by atoms with E-state index in [0.717, 1.165) is 6.04 Å². The van der Waals surface area contributed by atoms with Crippen molar-refractivity contribution in [1.82, 2.24) is 0 Å². The van der Waals surface area contributed by atoms with Gasteiger partial charge < -0.3 is 5.11 Å². The van der Waals surface area contributed by atoms with E-state index in [4.69, 9.17) is 23.2 Å². The molecule has 1 unspecified atom stereocenters. The lowest BCUT2D eigenvalue weighted by Gasteiger charge is -2.33. The van der Waals surface area contributed by atoms with Crippen LogP contribution in [0.2, 0.25) is 35.7 Å². The minimum absolute atomic E-state index is 0.453. The quantitative estimate of drug-likeness (QED) is 0.600. The van der Waals surface area contributed by atoms with E-state index in [-0.39, 0.29) is 0 Å². The normalized spacial score (nSPS) is 15.7. The summed E-state index contributed by atoms with van der Waals surface area (Å²) in [7, 11) is -1.42. The fourth-order valence-electron chi connectivity index (χ4n) is 1.95. The van der Waals surface area contributed by atoms with Gasteiger partial charge in [-0.1, -0.05) is 70.9 Å². The summed E-state index contributed by atoms with van der Waals surface area (Å²) in [6.07, 6.45) is 0. The Morgan fingerprint density at radius 3 is 2.35 bits per heavy atom. The summed E-state index contributed by atoms with van der Waals surface area (Å²) >= 11 is 15.6. The average molecular weight is 356 g/mol. The minimum atomic E-state index is -1.42. The van der Waals surface area contributed by atoms with Gasteiger partial charge in [0.15, 0.2) is 0 Å². The third kappa shape index (κ3) is 3.96. The molecule has 1 aromatic rings. The molecule has 1 rings (SSSR count). The number of hydrogen-bond donors (Lipinski definition) is 1. The molecule has 0 aliphatic carbocycles. The molecule has 0 fully saturated rings. The maximum Gasteiger partial charge on any atom is 0.0984 e. The first-order valence-electron chi connectivity index (χ1n) is 5.42. The fourth-order valence-corrected chi connectivity index (χ4v) is 5.37. The zero-order valence-corrected chi connectivity index (χ0v) is 14.3. The van der Waals surface area contributed by atoms with E-state index in [1.165, 1.54) is 0 Å². The van der Waals surface area contributed by atoms with Crippen LogP contribution >= 0.6 is 39.1 Å². The molecule has 0 spiro atoms. The first-order chi connectivity index (χ1) is 7.69. The molecule has 1 N–H and O–H groups in total. The van der Waals surface area contributed by atoms with Gasteiger partial charge in [-0.25, -0.2) is 0 Å². The van der Waals surface area contributed by atoms with Crippen LogP contribution in [0.5, 0.6) is 0 Å². The molecule has 0 saturated carbocycles. The highest BCUT2D eigenvalue weighted by molar-refractivity contribution is 9.09. The summed E-state index contributed by atoms with van der Waals surface area (Å²) < 4.78 is 0. The van der Waals surface area contributed by atoms with E-state index in [9.17, 15) is 5.11 Å². The second-order valence-corrected chi connectivity index (χ2v) is 12.3. The lowest BCUT2D eigenvalue weighted by molar-refractivity contribution is 0.0838. The highest BCUT2D eigenvalue weighted by Gasteiger charge is 2.35. The molecule has 17 heavy (non-hydrogen) atoms. The smallest absolute Gasteiger partial charge is 0.0984 e. The maximum absolute atomic E-state index is 10.8. The van der Waals surface area contributed by atoms with E-state index < -0.39 is 13.7 Å². The monoisotopic (exact) mass is 354 g/mol. The second kappa shape index (κ2) is 5.62. The van der Waals surface area contributed by atoms with E-state index in [2.05, 4.69) is 35.6 Å². The Labute approximate surface area is 122 Å². The lowest BCUT2D eigenvalue weighted by Crippen LogP contribution is -2.37. The van der Waals surface area contributed by atoms with Crippen molar-refractivity contribution >= 4 is 47.2 Å². The molecule has 96 valence electrons. The van der Waals surface area contributed by atoms with Crippen LogP contribution < -0.4 is 0 Å². The molecule has 1 nitrogen and oxygen atoms in total. The van der Waals surface area contributed by atoms with Gasteiger partial charge in [0.25, 0.3) is 0 Å². The number of halogens is 3. The van der Waals surface area contributed by atoms with Crippen LogP contribution in [0.25, 0.3) is 0 Å². The van der Waals surface area contributed by atoms with Crippen molar-refractivity contribution in [2.75, 3.05) is 5.33 Å². The van der Waals surface area contributed by atoms with Crippen molar-refractivity contribution in [2.24, 2.45) is 0 Å². The number of benzene rings is 1. The van der Waals surface area contributed by atoms with Gasteiger partial charge in [0.2, 0.25) is 0 Å². The predicted molar refractivity (Wildman–Crippen MR) is 82.3 cm³/mol. The zero-order valence-electron chi connectivity index (χ0n) is 10.2. The van der Waals surface area contributed by atoms with Gasteiger partial charge in [0.1, 0.15) is 0 Å².